The second-order valence-corrected chi connectivity index (χ2v) is 9.05. The summed E-state index contributed by atoms with van der Waals surface area (Å²) in [7, 11) is 3.49. The molecule has 0 saturated carbocycles. The minimum absolute atomic E-state index is 0.0303. The SMILES string of the molecule is CNC(C)C(=O)Nc1ncc(-c2ccc(F)cc2)n(C(=O)CN(C)[C@@H]2CCCc3ccccc32)c1=O. The topological polar surface area (TPSA) is 96.3 Å². The summed E-state index contributed by atoms with van der Waals surface area (Å²) in [5.74, 6) is -1.60. The summed E-state index contributed by atoms with van der Waals surface area (Å²) in [6.45, 7) is 1.61. The van der Waals surface area contributed by atoms with Crippen LogP contribution in [0.4, 0.5) is 10.2 Å². The molecule has 1 aliphatic rings. The summed E-state index contributed by atoms with van der Waals surface area (Å²) in [6.07, 6.45) is 4.26. The number of fused-ring (bicyclic) bond motifs is 1. The number of benzene rings is 2. The lowest BCUT2D eigenvalue weighted by Crippen LogP contribution is -2.41. The normalized spacial score (nSPS) is 15.9. The van der Waals surface area contributed by atoms with E-state index in [0.29, 0.717) is 5.56 Å². The van der Waals surface area contributed by atoms with Crippen molar-refractivity contribution >= 4 is 17.6 Å². The molecule has 0 bridgehead atoms. The van der Waals surface area contributed by atoms with Crippen molar-refractivity contribution in [1.82, 2.24) is 19.8 Å². The van der Waals surface area contributed by atoms with Gasteiger partial charge in [0, 0.05) is 11.6 Å². The van der Waals surface area contributed by atoms with Gasteiger partial charge in [-0.3, -0.25) is 19.3 Å². The van der Waals surface area contributed by atoms with Crippen molar-refractivity contribution in [1.29, 1.82) is 0 Å². The Morgan fingerprint density at radius 1 is 1.19 bits per heavy atom. The van der Waals surface area contributed by atoms with Gasteiger partial charge in [0.1, 0.15) is 5.82 Å². The van der Waals surface area contributed by atoms with Gasteiger partial charge >= 0.3 is 5.56 Å². The van der Waals surface area contributed by atoms with E-state index >= 15 is 0 Å². The van der Waals surface area contributed by atoms with E-state index in [1.165, 1.54) is 41.6 Å². The van der Waals surface area contributed by atoms with Crippen LogP contribution in [-0.4, -0.2) is 52.9 Å². The molecule has 1 heterocycles. The lowest BCUT2D eigenvalue weighted by molar-refractivity contribution is -0.117. The Labute approximate surface area is 209 Å². The number of nitrogens with one attached hydrogen (secondary N) is 2. The van der Waals surface area contributed by atoms with Crippen LogP contribution < -0.4 is 16.2 Å². The molecule has 0 saturated heterocycles. The number of nitrogens with zero attached hydrogens (tertiary/aromatic N) is 3. The summed E-state index contributed by atoms with van der Waals surface area (Å²) in [4.78, 5) is 45.5. The summed E-state index contributed by atoms with van der Waals surface area (Å²) in [6, 6.07) is 13.2. The molecule has 188 valence electrons. The van der Waals surface area contributed by atoms with Crippen LogP contribution in [0.1, 0.15) is 41.7 Å². The molecule has 9 heteroatoms. The van der Waals surface area contributed by atoms with E-state index in [9.17, 15) is 18.8 Å². The zero-order valence-electron chi connectivity index (χ0n) is 20.6. The van der Waals surface area contributed by atoms with Gasteiger partial charge in [-0.25, -0.2) is 13.9 Å². The van der Waals surface area contributed by atoms with E-state index in [1.807, 2.05) is 24.1 Å². The standard InChI is InChI=1S/C27H30FN5O3/c1-17(29-2)26(35)31-25-27(36)33(23(15-30-25)19-11-13-20(28)14-12-19)24(34)16-32(3)22-10-6-8-18-7-4-5-9-21(18)22/h4-5,7,9,11-15,17,22,29H,6,8,10,16H2,1-3H3,(H,30,31,35)/t17?,22-/m1/s1. The molecule has 2 N–H and O–H groups in total. The van der Waals surface area contributed by atoms with Gasteiger partial charge in [-0.1, -0.05) is 24.3 Å². The number of aromatic nitrogens is 2. The monoisotopic (exact) mass is 491 g/mol. The van der Waals surface area contributed by atoms with E-state index in [0.717, 1.165) is 23.8 Å². The van der Waals surface area contributed by atoms with Crippen molar-refractivity contribution in [3.63, 3.8) is 0 Å². The fraction of sp³-hybridized carbons (Fsp3) is 0.333. The zero-order valence-corrected chi connectivity index (χ0v) is 20.6. The molecule has 2 aromatic carbocycles. The molecule has 3 aromatic rings. The van der Waals surface area contributed by atoms with Crippen molar-refractivity contribution in [2.24, 2.45) is 0 Å². The van der Waals surface area contributed by atoms with Gasteiger partial charge in [-0.15, -0.1) is 0 Å². The number of anilines is 1. The van der Waals surface area contributed by atoms with Crippen molar-refractivity contribution in [3.8, 4) is 11.3 Å². The number of likely N-dealkylation sites (N-methyl/N-ethyl adjacent to an activating group) is 2. The Morgan fingerprint density at radius 3 is 2.64 bits per heavy atom. The Bertz CT molecular complexity index is 1320. The Morgan fingerprint density at radius 2 is 1.92 bits per heavy atom. The lowest BCUT2D eigenvalue weighted by atomic mass is 9.87. The van der Waals surface area contributed by atoms with Crippen LogP contribution in [-0.2, 0) is 11.2 Å². The number of hydrogen-bond donors (Lipinski definition) is 2. The molecule has 1 aromatic heterocycles. The fourth-order valence-corrected chi connectivity index (χ4v) is 4.55. The van der Waals surface area contributed by atoms with Crippen LogP contribution in [0.15, 0.2) is 59.5 Å². The first-order valence-electron chi connectivity index (χ1n) is 12.0. The van der Waals surface area contributed by atoms with E-state index < -0.39 is 29.2 Å². The summed E-state index contributed by atoms with van der Waals surface area (Å²) in [5.41, 5.74) is 2.40. The maximum atomic E-state index is 13.6. The summed E-state index contributed by atoms with van der Waals surface area (Å²) in [5, 5.41) is 5.30. The first-order valence-corrected chi connectivity index (χ1v) is 12.0. The molecular formula is C27H30FN5O3. The molecule has 0 radical (unpaired) electrons. The summed E-state index contributed by atoms with van der Waals surface area (Å²) < 4.78 is 14.6. The summed E-state index contributed by atoms with van der Waals surface area (Å²) >= 11 is 0. The van der Waals surface area contributed by atoms with Crippen molar-refractivity contribution < 1.29 is 14.0 Å². The van der Waals surface area contributed by atoms with Crippen molar-refractivity contribution in [2.75, 3.05) is 26.0 Å². The van der Waals surface area contributed by atoms with Crippen LogP contribution >= 0.6 is 0 Å². The first-order chi connectivity index (χ1) is 17.3. The predicted octanol–water partition coefficient (Wildman–Crippen LogP) is 3.25. The largest absolute Gasteiger partial charge is 0.309 e. The van der Waals surface area contributed by atoms with Crippen LogP contribution in [0.25, 0.3) is 11.3 Å². The van der Waals surface area contributed by atoms with Crippen LogP contribution in [0.3, 0.4) is 0 Å². The number of halogens is 1. The number of amides is 1. The third kappa shape index (κ3) is 5.27. The van der Waals surface area contributed by atoms with Crippen LogP contribution in [0, 0.1) is 5.82 Å². The molecule has 1 amide bonds. The Balaban J connectivity index is 1.70. The minimum atomic E-state index is -0.740. The molecule has 0 spiro atoms. The fourth-order valence-electron chi connectivity index (χ4n) is 4.55. The van der Waals surface area contributed by atoms with E-state index in [2.05, 4.69) is 27.8 Å². The number of rotatable bonds is 7. The zero-order chi connectivity index (χ0) is 25.8. The number of carbonyl (C=O) groups excluding carboxylic acids is 2. The third-order valence-electron chi connectivity index (χ3n) is 6.67. The van der Waals surface area contributed by atoms with Crippen LogP contribution in [0.2, 0.25) is 0 Å². The van der Waals surface area contributed by atoms with Gasteiger partial charge < -0.3 is 10.6 Å². The second kappa shape index (κ2) is 10.9. The van der Waals surface area contributed by atoms with E-state index in [4.69, 9.17) is 0 Å². The quantitative estimate of drug-likeness (QED) is 0.527. The molecule has 0 fully saturated rings. The molecule has 1 unspecified atom stereocenters. The Hall–Kier alpha value is -3.69. The molecule has 0 aliphatic heterocycles. The maximum Gasteiger partial charge on any atom is 0.301 e. The molecule has 2 atom stereocenters. The smallest absolute Gasteiger partial charge is 0.301 e. The van der Waals surface area contributed by atoms with Gasteiger partial charge in [0.15, 0.2) is 5.82 Å². The van der Waals surface area contributed by atoms with E-state index in [1.54, 1.807) is 14.0 Å². The average Bonchev–Trinajstić information content (AvgIpc) is 2.89. The highest BCUT2D eigenvalue weighted by molar-refractivity contribution is 5.94. The van der Waals surface area contributed by atoms with Crippen LogP contribution in [0.5, 0.6) is 0 Å². The predicted molar refractivity (Wildman–Crippen MR) is 136 cm³/mol. The Kier molecular flexibility index (Phi) is 7.71. The highest BCUT2D eigenvalue weighted by atomic mass is 19.1. The molecule has 4 rings (SSSR count). The third-order valence-corrected chi connectivity index (χ3v) is 6.67. The highest BCUT2D eigenvalue weighted by Gasteiger charge is 2.27. The van der Waals surface area contributed by atoms with Crippen molar-refractivity contribution in [2.45, 2.75) is 38.3 Å². The van der Waals surface area contributed by atoms with E-state index in [-0.39, 0.29) is 24.1 Å². The molecule has 1 aliphatic carbocycles. The number of hydrogen-bond acceptors (Lipinski definition) is 6. The molecular weight excluding hydrogens is 461 g/mol. The number of aryl methyl sites for hydroxylation is 1. The van der Waals surface area contributed by atoms with Gasteiger partial charge in [0.2, 0.25) is 11.8 Å². The highest BCUT2D eigenvalue weighted by Crippen LogP contribution is 2.33. The van der Waals surface area contributed by atoms with Crippen molar-refractivity contribution in [3.05, 3.63) is 82.0 Å². The van der Waals surface area contributed by atoms with Gasteiger partial charge in [0.25, 0.3) is 0 Å². The molecule has 8 nitrogen and oxygen atoms in total. The van der Waals surface area contributed by atoms with Gasteiger partial charge in [0.05, 0.1) is 24.5 Å². The minimum Gasteiger partial charge on any atom is -0.309 e. The van der Waals surface area contributed by atoms with Gasteiger partial charge in [-0.2, -0.15) is 0 Å². The first kappa shape index (κ1) is 25.4. The van der Waals surface area contributed by atoms with Gasteiger partial charge in [-0.05, 0) is 75.7 Å². The average molecular weight is 492 g/mol. The maximum absolute atomic E-state index is 13.6. The second-order valence-electron chi connectivity index (χ2n) is 9.05. The lowest BCUT2D eigenvalue weighted by Gasteiger charge is -2.33. The molecule has 36 heavy (non-hydrogen) atoms. The number of carbonyl (C=O) groups is 2.